The molecule has 5 nitrogen and oxygen atoms in total. The smallest absolute Gasteiger partial charge is 0.295 e. The zero-order valence-electron chi connectivity index (χ0n) is 19.5. The fourth-order valence-corrected chi connectivity index (χ4v) is 5.49. The minimum absolute atomic E-state index is 0.0337. The third kappa shape index (κ3) is 3.51. The number of aromatic amines is 1. The Labute approximate surface area is 203 Å². The first-order valence-electron chi connectivity index (χ1n) is 12.2. The lowest BCUT2D eigenvalue weighted by molar-refractivity contribution is 0.0262. The first-order valence-corrected chi connectivity index (χ1v) is 12.2. The van der Waals surface area contributed by atoms with Crippen LogP contribution in [-0.4, -0.2) is 41.5 Å². The van der Waals surface area contributed by atoms with E-state index < -0.39 is 0 Å². The third-order valence-corrected chi connectivity index (χ3v) is 7.29. The maximum Gasteiger partial charge on any atom is 0.295 e. The molecule has 0 radical (unpaired) electrons. The lowest BCUT2D eigenvalue weighted by Gasteiger charge is -2.15. The molecule has 5 aromatic rings. The van der Waals surface area contributed by atoms with Crippen LogP contribution in [0.3, 0.4) is 0 Å². The molecule has 35 heavy (non-hydrogen) atoms. The Morgan fingerprint density at radius 2 is 1.46 bits per heavy atom. The largest absolute Gasteiger partial charge is 0.456 e. The van der Waals surface area contributed by atoms with E-state index in [2.05, 4.69) is 90.8 Å². The summed E-state index contributed by atoms with van der Waals surface area (Å²) in [7, 11) is 0. The number of ether oxygens (including phenoxy) is 3. The number of nitrogens with one attached hydrogen (secondary N) is 1. The standard InChI is InChI=1S/C30H26N2O3/c1-18-16-33-29-26(17-34-28(18)29)35-30-31-25-15-24(22-9-5-6-10-23(22)27(25)32-30)21-13-11-20(12-14-21)19-7-3-2-4-8-19/h2-15,18,26,28-29H,16-17H2,1H3,(H,31,32)/t18-,26-,28-,29-/m1/s1. The topological polar surface area (TPSA) is 56.4 Å². The molecular formula is C30H26N2O3. The van der Waals surface area contributed by atoms with E-state index in [0.717, 1.165) is 16.4 Å². The summed E-state index contributed by atoms with van der Waals surface area (Å²) in [5, 5.41) is 2.27. The number of hydrogen-bond acceptors (Lipinski definition) is 4. The highest BCUT2D eigenvalue weighted by Gasteiger charge is 2.47. The molecule has 4 atom stereocenters. The van der Waals surface area contributed by atoms with E-state index in [-0.39, 0.29) is 18.3 Å². The van der Waals surface area contributed by atoms with E-state index in [4.69, 9.17) is 19.2 Å². The van der Waals surface area contributed by atoms with Gasteiger partial charge in [-0.2, -0.15) is 4.98 Å². The lowest BCUT2D eigenvalue weighted by Crippen LogP contribution is -2.33. The Hall–Kier alpha value is -3.67. The van der Waals surface area contributed by atoms with Crippen LogP contribution in [0, 0.1) is 5.92 Å². The van der Waals surface area contributed by atoms with Gasteiger partial charge in [-0.1, -0.05) is 85.8 Å². The Bertz CT molecular complexity index is 1510. The van der Waals surface area contributed by atoms with Crippen LogP contribution in [-0.2, 0) is 9.47 Å². The van der Waals surface area contributed by atoms with Gasteiger partial charge in [-0.05, 0) is 33.7 Å². The molecule has 3 heterocycles. The first-order chi connectivity index (χ1) is 17.2. The van der Waals surface area contributed by atoms with Crippen molar-refractivity contribution in [1.82, 2.24) is 9.97 Å². The molecule has 7 rings (SSSR count). The normalized spacial score (nSPS) is 23.7. The van der Waals surface area contributed by atoms with Crippen LogP contribution in [0.4, 0.5) is 0 Å². The van der Waals surface area contributed by atoms with Gasteiger partial charge in [-0.25, -0.2) is 0 Å². The van der Waals surface area contributed by atoms with Gasteiger partial charge in [0.1, 0.15) is 11.6 Å². The summed E-state index contributed by atoms with van der Waals surface area (Å²) >= 11 is 0. The Kier molecular flexibility index (Phi) is 4.86. The highest BCUT2D eigenvalue weighted by Crippen LogP contribution is 2.37. The number of H-pyrrole nitrogens is 1. The van der Waals surface area contributed by atoms with Crippen molar-refractivity contribution in [2.24, 2.45) is 5.92 Å². The van der Waals surface area contributed by atoms with Crippen molar-refractivity contribution in [2.45, 2.75) is 25.2 Å². The van der Waals surface area contributed by atoms with E-state index in [1.165, 1.54) is 27.6 Å². The quantitative estimate of drug-likeness (QED) is 0.344. The van der Waals surface area contributed by atoms with Crippen LogP contribution in [0.15, 0.2) is 84.9 Å². The first kappa shape index (κ1) is 20.7. The summed E-state index contributed by atoms with van der Waals surface area (Å²) in [5.74, 6) is 0.393. The van der Waals surface area contributed by atoms with Gasteiger partial charge >= 0.3 is 0 Å². The van der Waals surface area contributed by atoms with Crippen molar-refractivity contribution in [3.63, 3.8) is 0 Å². The zero-order valence-corrected chi connectivity index (χ0v) is 19.5. The van der Waals surface area contributed by atoms with E-state index in [0.29, 0.717) is 25.1 Å². The maximum atomic E-state index is 6.27. The Balaban J connectivity index is 1.26. The number of fused-ring (bicyclic) bond motifs is 4. The summed E-state index contributed by atoms with van der Waals surface area (Å²) < 4.78 is 18.2. The molecule has 0 spiro atoms. The van der Waals surface area contributed by atoms with Crippen LogP contribution in [0.5, 0.6) is 6.01 Å². The highest BCUT2D eigenvalue weighted by atomic mass is 16.6. The lowest BCUT2D eigenvalue weighted by atomic mass is 9.95. The van der Waals surface area contributed by atoms with Crippen LogP contribution in [0.1, 0.15) is 6.92 Å². The molecule has 2 aliphatic rings. The number of nitrogens with zero attached hydrogens (tertiary/aromatic N) is 1. The van der Waals surface area contributed by atoms with Gasteiger partial charge in [0, 0.05) is 11.3 Å². The number of benzene rings is 4. The van der Waals surface area contributed by atoms with Gasteiger partial charge in [0.05, 0.1) is 24.8 Å². The Morgan fingerprint density at radius 3 is 2.29 bits per heavy atom. The van der Waals surface area contributed by atoms with Crippen LogP contribution in [0.2, 0.25) is 0 Å². The molecule has 0 unspecified atom stereocenters. The minimum atomic E-state index is -0.151. The second kappa shape index (κ2) is 8.22. The molecule has 0 bridgehead atoms. The fraction of sp³-hybridized carbons (Fsp3) is 0.233. The van der Waals surface area contributed by atoms with Gasteiger partial charge in [0.15, 0.2) is 6.10 Å². The predicted molar refractivity (Wildman–Crippen MR) is 138 cm³/mol. The van der Waals surface area contributed by atoms with Crippen LogP contribution in [0.25, 0.3) is 44.1 Å². The van der Waals surface area contributed by atoms with E-state index in [1.807, 2.05) is 6.07 Å². The number of aromatic nitrogens is 2. The molecule has 4 aromatic carbocycles. The summed E-state index contributed by atoms with van der Waals surface area (Å²) in [4.78, 5) is 8.25. The third-order valence-electron chi connectivity index (χ3n) is 7.29. The highest BCUT2D eigenvalue weighted by molar-refractivity contribution is 6.11. The number of hydrogen-bond donors (Lipinski definition) is 1. The Morgan fingerprint density at radius 1 is 0.771 bits per heavy atom. The SMILES string of the molecule is C[C@@H]1CO[C@H]2[C@@H]1OC[C@H]2Oc1nc2c(cc(-c3ccc(-c4ccccc4)cc3)c3ccccc32)[nH]1. The molecular weight excluding hydrogens is 436 g/mol. The zero-order chi connectivity index (χ0) is 23.4. The second-order valence-corrected chi connectivity index (χ2v) is 9.58. The maximum absolute atomic E-state index is 6.27. The molecule has 1 aromatic heterocycles. The number of rotatable bonds is 4. The fourth-order valence-electron chi connectivity index (χ4n) is 5.49. The molecule has 2 fully saturated rings. The summed E-state index contributed by atoms with van der Waals surface area (Å²) in [6.45, 7) is 3.40. The van der Waals surface area contributed by atoms with Crippen molar-refractivity contribution < 1.29 is 14.2 Å². The summed E-state index contributed by atoms with van der Waals surface area (Å²) in [6, 6.07) is 30.3. The van der Waals surface area contributed by atoms with Gasteiger partial charge in [0.2, 0.25) is 0 Å². The van der Waals surface area contributed by atoms with E-state index >= 15 is 0 Å². The van der Waals surface area contributed by atoms with Crippen LogP contribution >= 0.6 is 0 Å². The average Bonchev–Trinajstić information content (AvgIpc) is 3.61. The van der Waals surface area contributed by atoms with E-state index in [9.17, 15) is 0 Å². The van der Waals surface area contributed by atoms with Gasteiger partial charge in [-0.15, -0.1) is 0 Å². The monoisotopic (exact) mass is 462 g/mol. The molecule has 0 saturated carbocycles. The van der Waals surface area contributed by atoms with Crippen molar-refractivity contribution in [3.8, 4) is 28.3 Å². The number of imidazole rings is 1. The molecule has 2 aliphatic heterocycles. The van der Waals surface area contributed by atoms with Crippen molar-refractivity contribution in [2.75, 3.05) is 13.2 Å². The molecule has 1 N–H and O–H groups in total. The average molecular weight is 463 g/mol. The second-order valence-electron chi connectivity index (χ2n) is 9.58. The molecule has 5 heteroatoms. The molecule has 2 saturated heterocycles. The van der Waals surface area contributed by atoms with E-state index in [1.54, 1.807) is 0 Å². The van der Waals surface area contributed by atoms with Gasteiger partial charge in [0.25, 0.3) is 6.01 Å². The van der Waals surface area contributed by atoms with Gasteiger partial charge in [-0.3, -0.25) is 0 Å². The van der Waals surface area contributed by atoms with Gasteiger partial charge < -0.3 is 19.2 Å². The van der Waals surface area contributed by atoms with Crippen molar-refractivity contribution in [1.29, 1.82) is 0 Å². The summed E-state index contributed by atoms with van der Waals surface area (Å²) in [5.41, 5.74) is 6.62. The summed E-state index contributed by atoms with van der Waals surface area (Å²) in [6.07, 6.45) is -0.0777. The molecule has 174 valence electrons. The van der Waals surface area contributed by atoms with Crippen LogP contribution < -0.4 is 4.74 Å². The predicted octanol–water partition coefficient (Wildman–Crippen LogP) is 6.23. The molecule has 0 aliphatic carbocycles. The molecule has 0 amide bonds. The van der Waals surface area contributed by atoms with Crippen molar-refractivity contribution in [3.05, 3.63) is 84.9 Å². The minimum Gasteiger partial charge on any atom is -0.456 e. The van der Waals surface area contributed by atoms with Crippen molar-refractivity contribution >= 4 is 21.8 Å².